The Morgan fingerprint density at radius 2 is 1.53 bits per heavy atom. The molecule has 2 aromatic heterocycles. The van der Waals surface area contributed by atoms with Crippen LogP contribution in [0.4, 0.5) is 10.1 Å². The fourth-order valence-corrected chi connectivity index (χ4v) is 10.6. The number of cyclic esters (lactones) is 1. The number of unbranched alkanes of at least 4 members (excludes halogenated alkanes) is 2. The fraction of sp³-hybridized carbons (Fsp3) is 0.375. The predicted molar refractivity (Wildman–Crippen MR) is 278 cm³/mol. The number of amides is 8. The van der Waals surface area contributed by atoms with Gasteiger partial charge in [0.25, 0.3) is 11.5 Å². The van der Waals surface area contributed by atoms with Gasteiger partial charge in [0.2, 0.25) is 41.4 Å². The largest absolute Gasteiger partial charge is 0.458 e. The van der Waals surface area contributed by atoms with Crippen LogP contribution in [0.25, 0.3) is 22.3 Å². The van der Waals surface area contributed by atoms with Gasteiger partial charge in [-0.15, -0.1) is 0 Å². The van der Waals surface area contributed by atoms with Crippen LogP contribution < -0.4 is 37.5 Å². The normalized spacial score (nSPS) is 17.3. The second kappa shape index (κ2) is 22.9. The molecule has 21 nitrogen and oxygen atoms in total. The lowest BCUT2D eigenvalue weighted by molar-refractivity contribution is -0.172. The van der Waals surface area contributed by atoms with Crippen LogP contribution in [0.1, 0.15) is 114 Å². The summed E-state index contributed by atoms with van der Waals surface area (Å²) in [5, 5.41) is 27.9. The van der Waals surface area contributed by atoms with E-state index in [0.717, 1.165) is 5.56 Å². The molecule has 0 bridgehead atoms. The molecule has 9 rings (SSSR count). The Labute approximate surface area is 446 Å². The van der Waals surface area contributed by atoms with Gasteiger partial charge in [0.15, 0.2) is 5.60 Å². The number of aliphatic hydroxyl groups is 1. The average molecular weight is 1070 g/mol. The quantitative estimate of drug-likeness (QED) is 0.0329. The minimum atomic E-state index is -2.05. The molecule has 5 heterocycles. The van der Waals surface area contributed by atoms with Gasteiger partial charge >= 0.3 is 5.97 Å². The van der Waals surface area contributed by atoms with E-state index in [-0.39, 0.29) is 79.7 Å². The first-order valence-electron chi connectivity index (χ1n) is 25.9. The molecule has 1 fully saturated rings. The zero-order valence-corrected chi connectivity index (χ0v) is 43.0. The van der Waals surface area contributed by atoms with Gasteiger partial charge in [-0.25, -0.2) is 14.2 Å². The van der Waals surface area contributed by atoms with Gasteiger partial charge in [0, 0.05) is 66.1 Å². The Hall–Kier alpha value is -8.66. The third-order valence-corrected chi connectivity index (χ3v) is 14.8. The number of nitrogens with zero attached hydrogens (tertiary/aromatic N) is 3. The summed E-state index contributed by atoms with van der Waals surface area (Å²) in [6, 6.07) is 16.0. The highest BCUT2D eigenvalue weighted by molar-refractivity contribution is 6.02. The average Bonchev–Trinajstić information content (AvgIpc) is 4.15. The predicted octanol–water partition coefficient (Wildman–Crippen LogP) is 2.67. The van der Waals surface area contributed by atoms with Gasteiger partial charge in [-0.1, -0.05) is 43.7 Å². The van der Waals surface area contributed by atoms with E-state index >= 15 is 4.39 Å². The molecule has 4 aliphatic rings. The smallest absolute Gasteiger partial charge is 0.343 e. The Morgan fingerprint density at radius 3 is 2.26 bits per heavy atom. The number of hydrogen-bond acceptors (Lipinski definition) is 13. The number of rotatable bonds is 20. The topological polar surface area (TPSA) is 293 Å². The first kappa shape index (κ1) is 54.1. The zero-order chi connectivity index (χ0) is 55.4. The zero-order valence-electron chi connectivity index (χ0n) is 43.0. The number of carbonyl (C=O) groups is 9. The van der Waals surface area contributed by atoms with Crippen LogP contribution in [-0.4, -0.2) is 105 Å². The fourth-order valence-electron chi connectivity index (χ4n) is 10.6. The van der Waals surface area contributed by atoms with Crippen LogP contribution >= 0.6 is 0 Å². The van der Waals surface area contributed by atoms with Crippen molar-refractivity contribution in [2.24, 2.45) is 0 Å². The molecule has 0 saturated carbocycles. The lowest BCUT2D eigenvalue weighted by Crippen LogP contribution is -2.52. The minimum Gasteiger partial charge on any atom is -0.458 e. The van der Waals surface area contributed by atoms with E-state index in [2.05, 4.69) is 31.9 Å². The summed E-state index contributed by atoms with van der Waals surface area (Å²) in [4.78, 5) is 135. The van der Waals surface area contributed by atoms with E-state index in [1.54, 1.807) is 50.2 Å². The number of aromatic nitrogens is 2. The van der Waals surface area contributed by atoms with Gasteiger partial charge in [0.1, 0.15) is 18.5 Å². The standard InChI is InChI=1S/C56H58FN9O12/c1-3-56(77)37-23-42-51-35(28-66(42)54(75)36(37)29-78-55(56)76)50-39(18-17-34-30(2)38(57)24-40(63-51)49(34)50)64-52(73)32-13-15-33(16-14-32)61-45(69)27-60-53(74)41(22-31-10-6-4-7-11-31)62-46(70)26-59-44(68)25-58-43(67)12-8-5-9-21-65-47(71)19-20-48(65)72/h4,6-7,10-11,13-16,23-24,39,41,77H,3,5,8-9,12,17-22,25-29H2,1-2H3,(H,58,67)(H,59,68)(H,60,74)(H,61,69)(H,62,70)(H,64,73)/t39-,41-,56-/m0/s1. The molecule has 78 heavy (non-hydrogen) atoms. The van der Waals surface area contributed by atoms with Gasteiger partial charge < -0.3 is 46.3 Å². The number of esters is 1. The third kappa shape index (κ3) is 11.2. The molecule has 0 unspecified atom stereocenters. The lowest BCUT2D eigenvalue weighted by Gasteiger charge is -2.31. The van der Waals surface area contributed by atoms with Crippen molar-refractivity contribution in [2.75, 3.05) is 31.5 Å². The summed E-state index contributed by atoms with van der Waals surface area (Å²) in [6.07, 6.45) is 3.04. The number of aryl methyl sites for hydroxylation is 1. The first-order valence-corrected chi connectivity index (χ1v) is 25.9. The number of nitrogens with one attached hydrogen (secondary N) is 6. The number of halogens is 1. The molecule has 8 amide bonds. The van der Waals surface area contributed by atoms with Crippen LogP contribution in [0, 0.1) is 12.7 Å². The summed E-state index contributed by atoms with van der Waals surface area (Å²) < 4.78 is 22.2. The highest BCUT2D eigenvalue weighted by atomic mass is 19.1. The summed E-state index contributed by atoms with van der Waals surface area (Å²) in [7, 11) is 0. The van der Waals surface area contributed by atoms with Gasteiger partial charge in [-0.05, 0) is 91.6 Å². The number of hydrogen-bond donors (Lipinski definition) is 7. The number of ether oxygens (including phenoxy) is 1. The van der Waals surface area contributed by atoms with Crippen molar-refractivity contribution in [1.29, 1.82) is 0 Å². The number of fused-ring (bicyclic) bond motifs is 5. The van der Waals surface area contributed by atoms with Gasteiger partial charge in [0.05, 0.1) is 54.7 Å². The Kier molecular flexibility index (Phi) is 15.9. The van der Waals surface area contributed by atoms with E-state index in [1.165, 1.54) is 39.8 Å². The molecular weight excluding hydrogens is 1010 g/mol. The number of carbonyl (C=O) groups excluding carboxylic acids is 9. The van der Waals surface area contributed by atoms with Crippen molar-refractivity contribution in [2.45, 2.75) is 109 Å². The van der Waals surface area contributed by atoms with Crippen LogP contribution in [-0.2, 0) is 74.7 Å². The SMILES string of the molecule is CC[C@@]1(O)C(=O)OCc2c1cc1n(c2=O)Cc2c-1nc1cc(F)c(C)c3c1c2[C@@H](NC(=O)c1ccc(NC(=O)CNC(=O)[C@H](Cc2ccccc2)NC(=O)CNC(=O)CNC(=O)CCCCCN2C(=O)CCC2=O)cc1)CC3. The third-order valence-electron chi connectivity index (χ3n) is 14.8. The van der Waals surface area contributed by atoms with Crippen molar-refractivity contribution < 1.29 is 57.4 Å². The maximum Gasteiger partial charge on any atom is 0.343 e. The molecule has 22 heteroatoms. The van der Waals surface area contributed by atoms with E-state index in [0.29, 0.717) is 88.9 Å². The molecule has 1 saturated heterocycles. The maximum absolute atomic E-state index is 15.5. The lowest BCUT2D eigenvalue weighted by atomic mass is 9.81. The highest BCUT2D eigenvalue weighted by Crippen LogP contribution is 2.46. The Morgan fingerprint density at radius 1 is 0.821 bits per heavy atom. The number of imide groups is 1. The molecule has 3 aliphatic heterocycles. The highest BCUT2D eigenvalue weighted by Gasteiger charge is 2.46. The van der Waals surface area contributed by atoms with E-state index in [9.17, 15) is 53.1 Å². The summed E-state index contributed by atoms with van der Waals surface area (Å²) >= 11 is 0. The molecule has 7 N–H and O–H groups in total. The summed E-state index contributed by atoms with van der Waals surface area (Å²) in [5.74, 6) is -5.17. The first-order chi connectivity index (χ1) is 37.4. The second-order valence-electron chi connectivity index (χ2n) is 19.8. The molecule has 3 aromatic carbocycles. The number of likely N-dealkylation sites (tertiary alicyclic amines) is 1. The Balaban J connectivity index is 0.787. The van der Waals surface area contributed by atoms with Crippen molar-refractivity contribution in [3.8, 4) is 11.4 Å². The van der Waals surface area contributed by atoms with Crippen molar-refractivity contribution in [3.05, 3.63) is 127 Å². The van der Waals surface area contributed by atoms with E-state index in [1.807, 2.05) is 0 Å². The maximum atomic E-state index is 15.5. The Bertz CT molecular complexity index is 3350. The second-order valence-corrected chi connectivity index (χ2v) is 19.8. The van der Waals surface area contributed by atoms with Crippen molar-refractivity contribution in [3.63, 3.8) is 0 Å². The molecule has 3 atom stereocenters. The number of anilines is 1. The van der Waals surface area contributed by atoms with Gasteiger partial charge in [-0.3, -0.25) is 48.1 Å². The molecular formula is C56H58FN9O12. The van der Waals surface area contributed by atoms with E-state index in [4.69, 9.17) is 9.72 Å². The molecule has 1 aliphatic carbocycles. The van der Waals surface area contributed by atoms with Crippen LogP contribution in [0.5, 0.6) is 0 Å². The van der Waals surface area contributed by atoms with Crippen LogP contribution in [0.2, 0.25) is 0 Å². The molecule has 5 aromatic rings. The van der Waals surface area contributed by atoms with Crippen molar-refractivity contribution >= 4 is 69.8 Å². The summed E-state index contributed by atoms with van der Waals surface area (Å²) in [5.41, 5.74) is 2.61. The minimum absolute atomic E-state index is 0.0431. The monoisotopic (exact) mass is 1070 g/mol. The molecule has 0 radical (unpaired) electrons. The summed E-state index contributed by atoms with van der Waals surface area (Å²) in [6.45, 7) is 1.98. The van der Waals surface area contributed by atoms with Gasteiger partial charge in [-0.2, -0.15) is 0 Å². The number of pyridine rings is 2. The van der Waals surface area contributed by atoms with E-state index < -0.39 is 84.2 Å². The molecule has 406 valence electrons. The molecule has 0 spiro atoms. The van der Waals surface area contributed by atoms with Crippen LogP contribution in [0.15, 0.2) is 71.5 Å². The van der Waals surface area contributed by atoms with Crippen LogP contribution in [0.3, 0.4) is 0 Å². The van der Waals surface area contributed by atoms with Crippen molar-refractivity contribution in [1.82, 2.24) is 41.0 Å². The number of benzene rings is 3.